The molecule has 0 aliphatic heterocycles. The summed E-state index contributed by atoms with van der Waals surface area (Å²) in [6, 6.07) is 3.07. The molecule has 0 aliphatic rings. The smallest absolute Gasteiger partial charge is 0.330 e. The first-order chi connectivity index (χ1) is 7.74. The van der Waals surface area contributed by atoms with Crippen molar-refractivity contribution in [3.05, 3.63) is 55.0 Å². The molecule has 4 heteroatoms. The number of carboxylic acid groups (broad SMARTS) is 1. The maximum Gasteiger partial charge on any atom is 0.330 e. The first-order valence-corrected chi connectivity index (χ1v) is 4.89. The van der Waals surface area contributed by atoms with Crippen LogP contribution in [0.4, 0.5) is 0 Å². The Balaban J connectivity index is 2.38. The average molecular weight is 218 g/mol. The van der Waals surface area contributed by atoms with Crippen molar-refractivity contribution in [1.82, 2.24) is 10.3 Å². The average Bonchev–Trinajstić information content (AvgIpc) is 2.30. The van der Waals surface area contributed by atoms with Crippen molar-refractivity contribution < 1.29 is 9.90 Å². The first kappa shape index (κ1) is 12.0. The Morgan fingerprint density at radius 1 is 1.69 bits per heavy atom. The van der Waals surface area contributed by atoms with Crippen molar-refractivity contribution in [3.63, 3.8) is 0 Å². The number of aliphatic carboxylic acids is 1. The zero-order valence-corrected chi connectivity index (χ0v) is 8.84. The summed E-state index contributed by atoms with van der Waals surface area (Å²) in [5.74, 6) is -0.943. The minimum atomic E-state index is -0.943. The van der Waals surface area contributed by atoms with Crippen molar-refractivity contribution in [2.45, 2.75) is 12.5 Å². The molecule has 1 atom stereocenters. The van der Waals surface area contributed by atoms with Crippen LogP contribution in [0.3, 0.4) is 0 Å². The molecule has 0 saturated carbocycles. The second kappa shape index (κ2) is 6.40. The molecular formula is C12H14N2O2. The van der Waals surface area contributed by atoms with E-state index in [4.69, 9.17) is 5.11 Å². The van der Waals surface area contributed by atoms with Crippen LogP contribution >= 0.6 is 0 Å². The van der Waals surface area contributed by atoms with Gasteiger partial charge in [-0.2, -0.15) is 0 Å². The molecule has 0 aromatic carbocycles. The molecule has 1 heterocycles. The van der Waals surface area contributed by atoms with Gasteiger partial charge in [-0.05, 0) is 24.3 Å². The lowest BCUT2D eigenvalue weighted by Crippen LogP contribution is -2.30. The van der Waals surface area contributed by atoms with E-state index >= 15 is 0 Å². The third kappa shape index (κ3) is 3.96. The number of rotatable bonds is 6. The van der Waals surface area contributed by atoms with E-state index in [1.807, 2.05) is 18.2 Å². The van der Waals surface area contributed by atoms with Crippen LogP contribution in [0.15, 0.2) is 49.5 Å². The second-order valence-electron chi connectivity index (χ2n) is 3.19. The van der Waals surface area contributed by atoms with Gasteiger partial charge in [-0.15, -0.1) is 6.58 Å². The van der Waals surface area contributed by atoms with E-state index in [-0.39, 0.29) is 0 Å². The quantitative estimate of drug-likeness (QED) is 0.708. The number of aromatic nitrogens is 1. The highest BCUT2D eigenvalue weighted by atomic mass is 16.4. The van der Waals surface area contributed by atoms with E-state index < -0.39 is 12.0 Å². The molecule has 0 aliphatic carbocycles. The predicted octanol–water partition coefficient (Wildman–Crippen LogP) is 1.37. The van der Waals surface area contributed by atoms with Crippen LogP contribution < -0.4 is 5.32 Å². The van der Waals surface area contributed by atoms with Crippen LogP contribution in [0, 0.1) is 0 Å². The van der Waals surface area contributed by atoms with E-state index in [0.717, 1.165) is 5.56 Å². The fourth-order valence-electron chi connectivity index (χ4n) is 1.13. The van der Waals surface area contributed by atoms with Gasteiger partial charge in [-0.1, -0.05) is 18.2 Å². The van der Waals surface area contributed by atoms with Gasteiger partial charge < -0.3 is 10.4 Å². The van der Waals surface area contributed by atoms with Gasteiger partial charge >= 0.3 is 5.97 Å². The lowest BCUT2D eigenvalue weighted by molar-refractivity contribution is -0.137. The Morgan fingerprint density at radius 3 is 3.06 bits per heavy atom. The van der Waals surface area contributed by atoms with Gasteiger partial charge in [-0.3, -0.25) is 4.98 Å². The minimum Gasteiger partial charge on any atom is -0.479 e. The lowest BCUT2D eigenvalue weighted by atomic mass is 10.2. The maximum absolute atomic E-state index is 10.6. The van der Waals surface area contributed by atoms with Gasteiger partial charge in [0.15, 0.2) is 0 Å². The summed E-state index contributed by atoms with van der Waals surface area (Å²) in [6.07, 6.45) is 9.00. The third-order valence-electron chi connectivity index (χ3n) is 1.97. The van der Waals surface area contributed by atoms with Gasteiger partial charge in [0.05, 0.1) is 0 Å². The molecule has 1 rings (SSSR count). The number of hydrogen-bond acceptors (Lipinski definition) is 3. The van der Waals surface area contributed by atoms with Gasteiger partial charge in [0.2, 0.25) is 0 Å². The Hall–Kier alpha value is -2.10. The van der Waals surface area contributed by atoms with Crippen LogP contribution in [0.1, 0.15) is 5.56 Å². The second-order valence-corrected chi connectivity index (χ2v) is 3.19. The maximum atomic E-state index is 10.6. The normalized spacial score (nSPS) is 12.2. The number of nitrogens with one attached hydrogen (secondary N) is 1. The zero-order valence-electron chi connectivity index (χ0n) is 8.84. The fourth-order valence-corrected chi connectivity index (χ4v) is 1.13. The molecule has 1 unspecified atom stereocenters. The Morgan fingerprint density at radius 2 is 2.50 bits per heavy atom. The Kier molecular flexibility index (Phi) is 4.79. The molecule has 0 amide bonds. The molecule has 0 bridgehead atoms. The van der Waals surface area contributed by atoms with Crippen molar-refractivity contribution in [2.75, 3.05) is 0 Å². The summed E-state index contributed by atoms with van der Waals surface area (Å²) >= 11 is 0. The summed E-state index contributed by atoms with van der Waals surface area (Å²) in [7, 11) is 0. The summed E-state index contributed by atoms with van der Waals surface area (Å²) in [6.45, 7) is 3.43. The van der Waals surface area contributed by atoms with Gasteiger partial charge in [0, 0.05) is 12.4 Å². The molecule has 2 N–H and O–H groups in total. The van der Waals surface area contributed by atoms with E-state index in [2.05, 4.69) is 16.9 Å². The van der Waals surface area contributed by atoms with Crippen LogP contribution in [0.25, 0.3) is 0 Å². The van der Waals surface area contributed by atoms with E-state index in [0.29, 0.717) is 6.42 Å². The van der Waals surface area contributed by atoms with Gasteiger partial charge in [0.25, 0.3) is 0 Å². The highest BCUT2D eigenvalue weighted by molar-refractivity contribution is 5.75. The summed E-state index contributed by atoms with van der Waals surface area (Å²) in [5, 5.41) is 11.4. The Labute approximate surface area is 94.3 Å². The summed E-state index contributed by atoms with van der Waals surface area (Å²) < 4.78 is 0. The molecule has 1 aromatic heterocycles. The van der Waals surface area contributed by atoms with Crippen LogP contribution in [-0.2, 0) is 11.2 Å². The number of pyridine rings is 1. The van der Waals surface area contributed by atoms with Crippen LogP contribution in [-0.4, -0.2) is 22.1 Å². The first-order valence-electron chi connectivity index (χ1n) is 4.89. The standard InChI is InChI=1S/C12H14N2O2/c1-2-11(12(15)16)14-8-4-6-10-5-3-7-13-9-10/h2-5,7-9,11,14H,1,6H2,(H,15,16)/b8-4+. The highest BCUT2D eigenvalue weighted by Crippen LogP contribution is 1.97. The fraction of sp³-hybridized carbons (Fsp3) is 0.167. The lowest BCUT2D eigenvalue weighted by Gasteiger charge is -2.05. The molecule has 4 nitrogen and oxygen atoms in total. The third-order valence-corrected chi connectivity index (χ3v) is 1.97. The van der Waals surface area contributed by atoms with E-state index in [1.54, 1.807) is 18.6 Å². The van der Waals surface area contributed by atoms with Crippen molar-refractivity contribution in [3.8, 4) is 0 Å². The van der Waals surface area contributed by atoms with E-state index in [9.17, 15) is 4.79 Å². The van der Waals surface area contributed by atoms with E-state index in [1.165, 1.54) is 6.08 Å². The molecule has 0 spiro atoms. The van der Waals surface area contributed by atoms with Crippen LogP contribution in [0.2, 0.25) is 0 Å². The number of nitrogens with zero attached hydrogens (tertiary/aromatic N) is 1. The molecule has 84 valence electrons. The largest absolute Gasteiger partial charge is 0.479 e. The SMILES string of the molecule is C=CC(N/C=C/Cc1cccnc1)C(=O)O. The predicted molar refractivity (Wildman–Crippen MR) is 61.8 cm³/mol. The number of carbonyl (C=O) groups is 1. The number of hydrogen-bond donors (Lipinski definition) is 2. The van der Waals surface area contributed by atoms with Crippen LogP contribution in [0.5, 0.6) is 0 Å². The van der Waals surface area contributed by atoms with Gasteiger partial charge in [0.1, 0.15) is 6.04 Å². The molecule has 1 aromatic rings. The Bertz CT molecular complexity index is 374. The number of carboxylic acids is 1. The molecule has 0 radical (unpaired) electrons. The number of allylic oxidation sites excluding steroid dienone is 1. The van der Waals surface area contributed by atoms with Gasteiger partial charge in [-0.25, -0.2) is 4.79 Å². The highest BCUT2D eigenvalue weighted by Gasteiger charge is 2.08. The molecule has 0 saturated heterocycles. The summed E-state index contributed by atoms with van der Waals surface area (Å²) in [4.78, 5) is 14.6. The van der Waals surface area contributed by atoms with Crippen molar-refractivity contribution >= 4 is 5.97 Å². The molecule has 0 fully saturated rings. The monoisotopic (exact) mass is 218 g/mol. The van der Waals surface area contributed by atoms with Crippen molar-refractivity contribution in [2.24, 2.45) is 0 Å². The minimum absolute atomic E-state index is 0.713. The van der Waals surface area contributed by atoms with Crippen molar-refractivity contribution in [1.29, 1.82) is 0 Å². The zero-order chi connectivity index (χ0) is 11.8. The molecule has 16 heavy (non-hydrogen) atoms. The molecular weight excluding hydrogens is 204 g/mol. The topological polar surface area (TPSA) is 62.2 Å². The summed E-state index contributed by atoms with van der Waals surface area (Å²) in [5.41, 5.74) is 1.08.